The highest BCUT2D eigenvalue weighted by molar-refractivity contribution is 5.95. The third-order valence-electron chi connectivity index (χ3n) is 2.98. The Morgan fingerprint density at radius 2 is 2.14 bits per heavy atom. The van der Waals surface area contributed by atoms with Crippen LogP contribution in [0.2, 0.25) is 0 Å². The van der Waals surface area contributed by atoms with Crippen molar-refractivity contribution in [2.45, 2.75) is 19.8 Å². The fraction of sp³-hybridized carbons (Fsp3) is 0.385. The summed E-state index contributed by atoms with van der Waals surface area (Å²) in [4.78, 5) is 32.9. The maximum absolute atomic E-state index is 11.9. The van der Waals surface area contributed by atoms with Crippen LogP contribution in [0.3, 0.4) is 0 Å². The second kappa shape index (κ2) is 7.22. The molecule has 1 unspecified atom stereocenters. The first-order chi connectivity index (χ1) is 9.86. The predicted molar refractivity (Wildman–Crippen MR) is 75.9 cm³/mol. The van der Waals surface area contributed by atoms with Gasteiger partial charge < -0.3 is 16.2 Å². The third-order valence-corrected chi connectivity index (χ3v) is 2.98. The van der Waals surface area contributed by atoms with Crippen LogP contribution in [-0.2, 0) is 4.79 Å². The van der Waals surface area contributed by atoms with Crippen LogP contribution in [0, 0.1) is 16.0 Å². The molecule has 0 saturated carbocycles. The number of carboxylic acid groups (broad SMARTS) is 1. The summed E-state index contributed by atoms with van der Waals surface area (Å²) in [7, 11) is 0. The van der Waals surface area contributed by atoms with Gasteiger partial charge in [0.25, 0.3) is 11.6 Å². The molecule has 1 rings (SSSR count). The molecule has 0 spiro atoms. The molecule has 114 valence electrons. The van der Waals surface area contributed by atoms with Crippen molar-refractivity contribution in [1.29, 1.82) is 0 Å². The van der Waals surface area contributed by atoms with Crippen molar-refractivity contribution in [3.05, 3.63) is 33.9 Å². The normalized spacial score (nSPS) is 11.7. The number of carbonyl (C=O) groups excluding carboxylic acids is 1. The lowest BCUT2D eigenvalue weighted by molar-refractivity contribution is -0.383. The lowest BCUT2D eigenvalue weighted by atomic mass is 10.0. The highest BCUT2D eigenvalue weighted by Crippen LogP contribution is 2.22. The molecule has 1 atom stereocenters. The van der Waals surface area contributed by atoms with Crippen molar-refractivity contribution in [3.8, 4) is 0 Å². The molecule has 0 aromatic heterocycles. The largest absolute Gasteiger partial charge is 0.481 e. The van der Waals surface area contributed by atoms with E-state index in [4.69, 9.17) is 10.8 Å². The van der Waals surface area contributed by atoms with Gasteiger partial charge >= 0.3 is 5.97 Å². The van der Waals surface area contributed by atoms with E-state index in [1.165, 1.54) is 12.1 Å². The van der Waals surface area contributed by atoms with E-state index in [-0.39, 0.29) is 23.5 Å². The van der Waals surface area contributed by atoms with Gasteiger partial charge in [0.2, 0.25) is 0 Å². The van der Waals surface area contributed by atoms with Gasteiger partial charge in [0.1, 0.15) is 5.69 Å². The van der Waals surface area contributed by atoms with Gasteiger partial charge in [-0.05, 0) is 18.6 Å². The Hall–Kier alpha value is -2.64. The first-order valence-electron chi connectivity index (χ1n) is 6.41. The van der Waals surface area contributed by atoms with E-state index >= 15 is 0 Å². The highest BCUT2D eigenvalue weighted by Gasteiger charge is 2.19. The first kappa shape index (κ1) is 16.4. The Kier molecular flexibility index (Phi) is 5.65. The molecule has 21 heavy (non-hydrogen) atoms. The number of rotatable bonds is 7. The number of hydrogen-bond donors (Lipinski definition) is 3. The second-order valence-electron chi connectivity index (χ2n) is 4.56. The fourth-order valence-electron chi connectivity index (χ4n) is 1.82. The second-order valence-corrected chi connectivity index (χ2v) is 4.56. The maximum atomic E-state index is 11.9. The zero-order valence-electron chi connectivity index (χ0n) is 11.5. The summed E-state index contributed by atoms with van der Waals surface area (Å²) in [6, 6.07) is 3.70. The van der Waals surface area contributed by atoms with Crippen LogP contribution in [0.15, 0.2) is 18.2 Å². The highest BCUT2D eigenvalue weighted by atomic mass is 16.6. The van der Waals surface area contributed by atoms with E-state index in [2.05, 4.69) is 5.32 Å². The SMILES string of the molecule is CCCC(CNC(=O)c1ccc(N)c([N+](=O)[O-])c1)C(=O)O. The number of nitro groups is 1. The van der Waals surface area contributed by atoms with Gasteiger partial charge in [-0.25, -0.2) is 0 Å². The zero-order chi connectivity index (χ0) is 16.0. The number of nitrogens with two attached hydrogens (primary N) is 1. The van der Waals surface area contributed by atoms with Gasteiger partial charge in [-0.15, -0.1) is 0 Å². The summed E-state index contributed by atoms with van der Waals surface area (Å²) in [6.07, 6.45) is 1.12. The van der Waals surface area contributed by atoms with Crippen LogP contribution < -0.4 is 11.1 Å². The van der Waals surface area contributed by atoms with Crippen LogP contribution in [0.1, 0.15) is 30.1 Å². The van der Waals surface area contributed by atoms with Crippen LogP contribution in [0.5, 0.6) is 0 Å². The van der Waals surface area contributed by atoms with E-state index in [1.807, 2.05) is 6.92 Å². The predicted octanol–water partition coefficient (Wildman–Crippen LogP) is 1.41. The molecular formula is C13H17N3O5. The lowest BCUT2D eigenvalue weighted by Crippen LogP contribution is -2.32. The number of nitrogens with one attached hydrogen (secondary N) is 1. The summed E-state index contributed by atoms with van der Waals surface area (Å²) >= 11 is 0. The first-order valence-corrected chi connectivity index (χ1v) is 6.41. The fourth-order valence-corrected chi connectivity index (χ4v) is 1.82. The minimum absolute atomic E-state index is 0.0276. The number of benzene rings is 1. The number of hydrogen-bond acceptors (Lipinski definition) is 5. The van der Waals surface area contributed by atoms with Crippen LogP contribution in [0.25, 0.3) is 0 Å². The topological polar surface area (TPSA) is 136 Å². The number of nitro benzene ring substituents is 1. The standard InChI is InChI=1S/C13H17N3O5/c1-2-3-9(13(18)19)7-15-12(17)8-4-5-10(14)11(6-8)16(20)21/h4-6,9H,2-3,7,14H2,1H3,(H,15,17)(H,18,19). The smallest absolute Gasteiger partial charge is 0.308 e. The van der Waals surface area contributed by atoms with Gasteiger partial charge in [-0.2, -0.15) is 0 Å². The van der Waals surface area contributed by atoms with Gasteiger partial charge in [0.15, 0.2) is 0 Å². The monoisotopic (exact) mass is 295 g/mol. The molecule has 0 radical (unpaired) electrons. The number of anilines is 1. The van der Waals surface area contributed by atoms with Crippen LogP contribution in [-0.4, -0.2) is 28.5 Å². The van der Waals surface area contributed by atoms with Gasteiger partial charge in [0.05, 0.1) is 10.8 Å². The van der Waals surface area contributed by atoms with E-state index in [9.17, 15) is 19.7 Å². The molecule has 0 heterocycles. The molecule has 0 fully saturated rings. The zero-order valence-corrected chi connectivity index (χ0v) is 11.5. The van der Waals surface area contributed by atoms with Crippen LogP contribution >= 0.6 is 0 Å². The third kappa shape index (κ3) is 4.44. The number of carbonyl (C=O) groups is 2. The molecule has 8 nitrogen and oxygen atoms in total. The Balaban J connectivity index is 2.78. The number of nitrogens with zero attached hydrogens (tertiary/aromatic N) is 1. The van der Waals surface area contributed by atoms with E-state index < -0.39 is 22.7 Å². The summed E-state index contributed by atoms with van der Waals surface area (Å²) in [5, 5.41) is 22.2. The van der Waals surface area contributed by atoms with Gasteiger partial charge in [0, 0.05) is 18.2 Å². The summed E-state index contributed by atoms with van der Waals surface area (Å²) in [5.41, 5.74) is 5.12. The van der Waals surface area contributed by atoms with E-state index in [1.54, 1.807) is 0 Å². The lowest BCUT2D eigenvalue weighted by Gasteiger charge is -2.12. The van der Waals surface area contributed by atoms with E-state index in [0.717, 1.165) is 6.07 Å². The number of aliphatic carboxylic acids is 1. The molecule has 1 aromatic carbocycles. The molecule has 1 amide bonds. The molecule has 4 N–H and O–H groups in total. The van der Waals surface area contributed by atoms with Crippen molar-refractivity contribution in [3.63, 3.8) is 0 Å². The molecule has 0 saturated heterocycles. The van der Waals surface area contributed by atoms with Crippen molar-refractivity contribution >= 4 is 23.3 Å². The van der Waals surface area contributed by atoms with Crippen molar-refractivity contribution in [2.24, 2.45) is 5.92 Å². The van der Waals surface area contributed by atoms with E-state index in [0.29, 0.717) is 12.8 Å². The minimum atomic E-state index is -0.986. The average molecular weight is 295 g/mol. The Labute approximate surface area is 121 Å². The van der Waals surface area contributed by atoms with Crippen molar-refractivity contribution in [1.82, 2.24) is 5.32 Å². The van der Waals surface area contributed by atoms with Crippen molar-refractivity contribution < 1.29 is 19.6 Å². The maximum Gasteiger partial charge on any atom is 0.308 e. The summed E-state index contributed by atoms with van der Waals surface area (Å²) in [5.74, 6) is -2.23. The average Bonchev–Trinajstić information content (AvgIpc) is 2.42. The molecule has 8 heteroatoms. The van der Waals surface area contributed by atoms with Crippen molar-refractivity contribution in [2.75, 3.05) is 12.3 Å². The van der Waals surface area contributed by atoms with Crippen LogP contribution in [0.4, 0.5) is 11.4 Å². The molecule has 1 aromatic rings. The summed E-state index contributed by atoms with van der Waals surface area (Å²) < 4.78 is 0. The minimum Gasteiger partial charge on any atom is -0.481 e. The Morgan fingerprint density at radius 3 is 2.67 bits per heavy atom. The number of amides is 1. The van der Waals surface area contributed by atoms with Gasteiger partial charge in [-0.3, -0.25) is 19.7 Å². The van der Waals surface area contributed by atoms with Gasteiger partial charge in [-0.1, -0.05) is 13.3 Å². The molecule has 0 aliphatic carbocycles. The number of nitrogen functional groups attached to an aromatic ring is 1. The molecule has 0 aliphatic heterocycles. The Morgan fingerprint density at radius 1 is 1.48 bits per heavy atom. The Bertz CT molecular complexity index is 559. The molecule has 0 bridgehead atoms. The number of carboxylic acids is 1. The molecule has 0 aliphatic rings. The molecular weight excluding hydrogens is 278 g/mol. The quantitative estimate of drug-likeness (QED) is 0.395. The summed E-state index contributed by atoms with van der Waals surface area (Å²) in [6.45, 7) is 1.82.